The second kappa shape index (κ2) is 3.28. The van der Waals surface area contributed by atoms with Crippen molar-refractivity contribution in [3.05, 3.63) is 23.8 Å². The van der Waals surface area contributed by atoms with Crippen molar-refractivity contribution in [3.63, 3.8) is 0 Å². The van der Waals surface area contributed by atoms with Crippen LogP contribution in [0.25, 0.3) is 0 Å². The van der Waals surface area contributed by atoms with E-state index in [1.807, 2.05) is 6.07 Å². The van der Waals surface area contributed by atoms with Crippen molar-refractivity contribution in [2.45, 2.75) is 32.8 Å². The number of hydrogen-bond acceptors (Lipinski definition) is 2. The second-order valence-corrected chi connectivity index (χ2v) is 13.1. The van der Waals surface area contributed by atoms with Gasteiger partial charge in [-0.15, -0.1) is 0 Å². The molecule has 1 N–H and O–H groups in total. The van der Waals surface area contributed by atoms with Gasteiger partial charge in [-0.3, -0.25) is 0 Å². The Kier molecular flexibility index (Phi) is 2.42. The highest BCUT2D eigenvalue weighted by Gasteiger charge is 2.46. The van der Waals surface area contributed by atoms with Crippen LogP contribution in [0.15, 0.2) is 18.2 Å². The summed E-state index contributed by atoms with van der Waals surface area (Å²) < 4.78 is 6.30. The third-order valence-corrected chi connectivity index (χ3v) is 10.9. The van der Waals surface area contributed by atoms with Gasteiger partial charge in [0, 0.05) is 0 Å². The van der Waals surface area contributed by atoms with E-state index in [1.165, 1.54) is 10.4 Å². The summed E-state index contributed by atoms with van der Waals surface area (Å²) >= 11 is 0. The molecule has 0 amide bonds. The summed E-state index contributed by atoms with van der Waals surface area (Å²) in [4.78, 5) is 0. The third kappa shape index (κ3) is 1.71. The Labute approximate surface area is 93.2 Å². The smallest absolute Gasteiger partial charge is 0.206 e. The first kappa shape index (κ1) is 11.1. The molecule has 4 heteroatoms. The van der Waals surface area contributed by atoms with Gasteiger partial charge in [-0.1, -0.05) is 18.2 Å². The van der Waals surface area contributed by atoms with Gasteiger partial charge in [0.05, 0.1) is 6.61 Å². The van der Waals surface area contributed by atoms with E-state index in [9.17, 15) is 0 Å². The van der Waals surface area contributed by atoms with Gasteiger partial charge >= 0.3 is 0 Å². The maximum absolute atomic E-state index is 9.16. The van der Waals surface area contributed by atoms with E-state index in [4.69, 9.17) is 9.22 Å². The number of aliphatic hydroxyl groups is 1. The largest absolute Gasteiger partial charge is 0.449 e. The SMILES string of the molecule is C[Si]1(C)O[Si](C)(C)c2cc(CO)ccc21. The minimum Gasteiger partial charge on any atom is -0.449 e. The van der Waals surface area contributed by atoms with Gasteiger partial charge in [0.15, 0.2) is 0 Å². The van der Waals surface area contributed by atoms with E-state index < -0.39 is 16.6 Å². The lowest BCUT2D eigenvalue weighted by atomic mass is 10.2. The highest BCUT2D eigenvalue weighted by Crippen LogP contribution is 2.21. The maximum Gasteiger partial charge on any atom is 0.206 e. The molecule has 2 nitrogen and oxygen atoms in total. The molecule has 1 aliphatic heterocycles. The Morgan fingerprint density at radius 2 is 1.67 bits per heavy atom. The fourth-order valence-electron chi connectivity index (χ4n) is 2.46. The summed E-state index contributed by atoms with van der Waals surface area (Å²) in [6.07, 6.45) is 0. The van der Waals surface area contributed by atoms with Crippen LogP contribution < -0.4 is 10.4 Å². The maximum atomic E-state index is 9.16. The molecule has 0 unspecified atom stereocenters. The molecule has 0 aliphatic carbocycles. The first-order valence-corrected chi connectivity index (χ1v) is 11.1. The second-order valence-electron chi connectivity index (χ2n) is 5.16. The summed E-state index contributed by atoms with van der Waals surface area (Å²) in [6.45, 7) is 9.13. The molecule has 1 aliphatic rings. The lowest BCUT2D eigenvalue weighted by molar-refractivity contribution is 0.282. The van der Waals surface area contributed by atoms with E-state index in [-0.39, 0.29) is 6.61 Å². The van der Waals surface area contributed by atoms with Crippen molar-refractivity contribution >= 4 is 27.0 Å². The van der Waals surface area contributed by atoms with Crippen molar-refractivity contribution in [1.82, 2.24) is 0 Å². The van der Waals surface area contributed by atoms with Gasteiger partial charge in [-0.25, -0.2) is 0 Å². The van der Waals surface area contributed by atoms with Gasteiger partial charge in [0.25, 0.3) is 0 Å². The Bertz CT molecular complexity index is 400. The van der Waals surface area contributed by atoms with Crippen LogP contribution >= 0.6 is 0 Å². The van der Waals surface area contributed by atoms with Crippen molar-refractivity contribution in [1.29, 1.82) is 0 Å². The molecule has 0 bridgehead atoms. The quantitative estimate of drug-likeness (QED) is 0.741. The molecule has 1 aromatic carbocycles. The molecule has 82 valence electrons. The number of rotatable bonds is 1. The molecule has 0 aromatic heterocycles. The monoisotopic (exact) mass is 238 g/mol. The van der Waals surface area contributed by atoms with E-state index >= 15 is 0 Å². The van der Waals surface area contributed by atoms with E-state index in [1.54, 1.807) is 0 Å². The van der Waals surface area contributed by atoms with E-state index in [0.717, 1.165) is 5.56 Å². The average Bonchev–Trinajstić information content (AvgIpc) is 2.32. The molecular formula is C11H18O2Si2. The lowest BCUT2D eigenvalue weighted by Gasteiger charge is -2.22. The normalized spacial score (nSPS) is 21.4. The molecule has 1 aromatic rings. The number of hydrogen-bond donors (Lipinski definition) is 1. The number of benzene rings is 1. The minimum absolute atomic E-state index is 0.125. The summed E-state index contributed by atoms with van der Waals surface area (Å²) in [6, 6.07) is 6.32. The zero-order valence-corrected chi connectivity index (χ0v) is 11.8. The van der Waals surface area contributed by atoms with E-state index in [0.29, 0.717) is 0 Å². The highest BCUT2D eigenvalue weighted by molar-refractivity contribution is 7.05. The molecule has 1 heterocycles. The predicted octanol–water partition coefficient (Wildman–Crippen LogP) is 1.03. The fourth-order valence-corrected chi connectivity index (χ4v) is 12.7. The summed E-state index contributed by atoms with van der Waals surface area (Å²) in [5.74, 6) is 0. The van der Waals surface area contributed by atoms with Gasteiger partial charge in [0.2, 0.25) is 16.6 Å². The van der Waals surface area contributed by atoms with Crippen LogP contribution in [0.3, 0.4) is 0 Å². The number of aliphatic hydroxyl groups excluding tert-OH is 1. The molecule has 0 spiro atoms. The van der Waals surface area contributed by atoms with Crippen LogP contribution in [0.2, 0.25) is 26.2 Å². The van der Waals surface area contributed by atoms with E-state index in [2.05, 4.69) is 38.3 Å². The Hall–Kier alpha value is -0.426. The van der Waals surface area contributed by atoms with Crippen LogP contribution in [-0.2, 0) is 10.7 Å². The van der Waals surface area contributed by atoms with Crippen LogP contribution in [0, 0.1) is 0 Å². The van der Waals surface area contributed by atoms with Crippen LogP contribution in [0.5, 0.6) is 0 Å². The first-order valence-electron chi connectivity index (χ1n) is 5.32. The zero-order chi connectivity index (χ0) is 11.3. The van der Waals surface area contributed by atoms with Crippen molar-refractivity contribution in [2.24, 2.45) is 0 Å². The molecule has 15 heavy (non-hydrogen) atoms. The van der Waals surface area contributed by atoms with Gasteiger partial charge in [0.1, 0.15) is 0 Å². The first-order chi connectivity index (χ1) is 6.87. The Morgan fingerprint density at radius 3 is 2.27 bits per heavy atom. The summed E-state index contributed by atoms with van der Waals surface area (Å²) in [7, 11) is -3.35. The van der Waals surface area contributed by atoms with Gasteiger partial charge < -0.3 is 9.22 Å². The van der Waals surface area contributed by atoms with Crippen LogP contribution in [-0.4, -0.2) is 21.7 Å². The van der Waals surface area contributed by atoms with Gasteiger partial charge in [-0.2, -0.15) is 0 Å². The van der Waals surface area contributed by atoms with Crippen LogP contribution in [0.1, 0.15) is 5.56 Å². The summed E-state index contributed by atoms with van der Waals surface area (Å²) in [5.41, 5.74) is 1.00. The molecule has 2 rings (SSSR count). The number of fused-ring (bicyclic) bond motifs is 1. The Balaban J connectivity index is 2.60. The molecular weight excluding hydrogens is 220 g/mol. The lowest BCUT2D eigenvalue weighted by Crippen LogP contribution is -2.44. The van der Waals surface area contributed by atoms with Gasteiger partial charge in [-0.05, 0) is 42.1 Å². The Morgan fingerprint density at radius 1 is 1.07 bits per heavy atom. The molecule has 0 fully saturated rings. The third-order valence-electron chi connectivity index (χ3n) is 3.07. The minimum atomic E-state index is -1.69. The topological polar surface area (TPSA) is 29.5 Å². The average molecular weight is 238 g/mol. The zero-order valence-electron chi connectivity index (χ0n) is 9.79. The molecule has 0 saturated carbocycles. The fraction of sp³-hybridized carbons (Fsp3) is 0.455. The molecule has 0 radical (unpaired) electrons. The standard InChI is InChI=1S/C11H18O2Si2/c1-14(2)10-6-5-9(8-12)7-11(10)15(3,4)13-14/h5-7,12H,8H2,1-4H3. The van der Waals surface area contributed by atoms with Crippen molar-refractivity contribution in [3.8, 4) is 0 Å². The molecule has 0 saturated heterocycles. The predicted molar refractivity (Wildman–Crippen MR) is 67.7 cm³/mol. The van der Waals surface area contributed by atoms with Crippen molar-refractivity contribution in [2.75, 3.05) is 0 Å². The summed E-state index contributed by atoms with van der Waals surface area (Å²) in [5, 5.41) is 12.0. The van der Waals surface area contributed by atoms with Crippen molar-refractivity contribution < 1.29 is 9.22 Å². The highest BCUT2D eigenvalue weighted by atomic mass is 28.4. The molecule has 0 atom stereocenters. The van der Waals surface area contributed by atoms with Crippen LogP contribution in [0.4, 0.5) is 0 Å².